The third-order valence-corrected chi connectivity index (χ3v) is 6.06. The van der Waals surface area contributed by atoms with Crippen molar-refractivity contribution in [1.29, 1.82) is 0 Å². The van der Waals surface area contributed by atoms with E-state index in [1.165, 1.54) is 11.1 Å². The van der Waals surface area contributed by atoms with Gasteiger partial charge >= 0.3 is 0 Å². The molecule has 0 spiro atoms. The third kappa shape index (κ3) is 3.94. The van der Waals surface area contributed by atoms with E-state index >= 15 is 0 Å². The molecule has 0 atom stereocenters. The average molecular weight is 449 g/mol. The lowest BCUT2D eigenvalue weighted by Crippen LogP contribution is -2.10. The lowest BCUT2D eigenvalue weighted by atomic mass is 9.92. The first-order valence-electron chi connectivity index (χ1n) is 11.7. The molecule has 5 heteroatoms. The largest absolute Gasteiger partial charge is 0.356 e. The molecule has 0 aliphatic heterocycles. The number of rotatable bonds is 6. The highest BCUT2D eigenvalue weighted by atomic mass is 16.5. The van der Waals surface area contributed by atoms with Gasteiger partial charge in [0.25, 0.3) is 0 Å². The number of nitrogens with zero attached hydrogens (tertiary/aromatic N) is 4. The lowest BCUT2D eigenvalue weighted by molar-refractivity contribution is 0.434. The van der Waals surface area contributed by atoms with Crippen LogP contribution < -0.4 is 0 Å². The van der Waals surface area contributed by atoms with Gasteiger partial charge in [0.15, 0.2) is 23.1 Å². The summed E-state index contributed by atoms with van der Waals surface area (Å²) in [6.45, 7) is 8.88. The Balaban J connectivity index is 1.78. The highest BCUT2D eigenvalue weighted by Gasteiger charge is 2.25. The maximum Gasteiger partial charge on any atom is 0.191 e. The summed E-state index contributed by atoms with van der Waals surface area (Å²) in [5.41, 5.74) is 6.24. The van der Waals surface area contributed by atoms with E-state index in [-0.39, 0.29) is 0 Å². The van der Waals surface area contributed by atoms with Crippen LogP contribution in [0, 0.1) is 0 Å². The predicted octanol–water partition coefficient (Wildman–Crippen LogP) is 7.50. The molecule has 0 unspecified atom stereocenters. The predicted molar refractivity (Wildman–Crippen MR) is 136 cm³/mol. The van der Waals surface area contributed by atoms with E-state index in [1.807, 2.05) is 54.6 Å². The van der Waals surface area contributed by atoms with Crippen molar-refractivity contribution in [2.75, 3.05) is 0 Å². The molecule has 0 N–H and O–H groups in total. The maximum atomic E-state index is 5.74. The van der Waals surface area contributed by atoms with Gasteiger partial charge in [-0.3, -0.25) is 4.57 Å². The molecule has 3 aromatic carbocycles. The summed E-state index contributed by atoms with van der Waals surface area (Å²) in [7, 11) is 0. The van der Waals surface area contributed by atoms with Crippen LogP contribution in [0.5, 0.6) is 0 Å². The minimum Gasteiger partial charge on any atom is -0.356 e. The Morgan fingerprint density at radius 3 is 1.79 bits per heavy atom. The number of hydrogen-bond donors (Lipinski definition) is 0. The zero-order valence-corrected chi connectivity index (χ0v) is 19.9. The first-order valence-corrected chi connectivity index (χ1v) is 11.7. The molecule has 0 saturated heterocycles. The minimum absolute atomic E-state index is 0.324. The Morgan fingerprint density at radius 1 is 0.647 bits per heavy atom. The van der Waals surface area contributed by atoms with Gasteiger partial charge in [0.1, 0.15) is 0 Å². The normalized spacial score (nSPS) is 11.5. The topological polar surface area (TPSA) is 56.7 Å². The molecule has 5 nitrogen and oxygen atoms in total. The van der Waals surface area contributed by atoms with Gasteiger partial charge in [-0.2, -0.15) is 0 Å². The van der Waals surface area contributed by atoms with Gasteiger partial charge < -0.3 is 4.52 Å². The van der Waals surface area contributed by atoms with Crippen molar-refractivity contribution in [3.05, 3.63) is 96.1 Å². The fourth-order valence-corrected chi connectivity index (χ4v) is 4.33. The highest BCUT2D eigenvalue weighted by molar-refractivity contribution is 5.70. The van der Waals surface area contributed by atoms with Gasteiger partial charge in [0.05, 0.1) is 5.69 Å². The van der Waals surface area contributed by atoms with Crippen LogP contribution in [0.15, 0.2) is 89.5 Å². The molecule has 0 aliphatic carbocycles. The van der Waals surface area contributed by atoms with Gasteiger partial charge in [-0.15, -0.1) is 10.2 Å². The molecule has 0 radical (unpaired) electrons. The van der Waals surface area contributed by atoms with E-state index in [0.717, 1.165) is 22.6 Å². The SMILES string of the molecule is CC(C)c1cccc(C(C)C)c1-n1c(-c2ccccc2)nnc1-c1cc(-c2ccccc2)on1. The Bertz CT molecular complexity index is 1370. The molecule has 0 bridgehead atoms. The number of benzene rings is 3. The molecular weight excluding hydrogens is 420 g/mol. The Hall–Kier alpha value is -3.99. The standard InChI is InChI=1S/C29H28N4O/c1-19(2)23-16-11-17-24(20(3)4)27(23)33-28(22-14-9-6-10-15-22)30-31-29(33)25-18-26(34-32-25)21-12-7-5-8-13-21/h5-20H,1-4H3. The van der Waals surface area contributed by atoms with Gasteiger partial charge in [-0.05, 0) is 23.0 Å². The van der Waals surface area contributed by atoms with Crippen LogP contribution in [0.25, 0.3) is 39.9 Å². The van der Waals surface area contributed by atoms with E-state index in [2.05, 4.69) is 77.9 Å². The smallest absolute Gasteiger partial charge is 0.191 e. The molecule has 0 aliphatic rings. The fourth-order valence-electron chi connectivity index (χ4n) is 4.33. The van der Waals surface area contributed by atoms with Crippen molar-refractivity contribution >= 4 is 0 Å². The van der Waals surface area contributed by atoms with Crippen molar-refractivity contribution in [3.63, 3.8) is 0 Å². The van der Waals surface area contributed by atoms with Gasteiger partial charge in [0, 0.05) is 17.2 Å². The van der Waals surface area contributed by atoms with Crippen LogP contribution in [0.2, 0.25) is 0 Å². The summed E-state index contributed by atoms with van der Waals surface area (Å²) in [6, 6.07) is 28.6. The number of para-hydroxylation sites is 1. The second-order valence-corrected chi connectivity index (χ2v) is 9.09. The molecule has 0 saturated carbocycles. The van der Waals surface area contributed by atoms with Crippen LogP contribution in [0.4, 0.5) is 0 Å². The first kappa shape index (κ1) is 21.8. The highest BCUT2D eigenvalue weighted by Crippen LogP contribution is 2.37. The van der Waals surface area contributed by atoms with Crippen molar-refractivity contribution in [3.8, 4) is 39.9 Å². The van der Waals surface area contributed by atoms with Gasteiger partial charge in [-0.1, -0.05) is 112 Å². The van der Waals surface area contributed by atoms with Crippen molar-refractivity contribution < 1.29 is 4.52 Å². The van der Waals surface area contributed by atoms with Crippen LogP contribution in [0.3, 0.4) is 0 Å². The summed E-state index contributed by atoms with van der Waals surface area (Å²) < 4.78 is 7.89. The van der Waals surface area contributed by atoms with Crippen LogP contribution >= 0.6 is 0 Å². The van der Waals surface area contributed by atoms with Crippen molar-refractivity contribution in [2.24, 2.45) is 0 Å². The Morgan fingerprint density at radius 2 is 1.21 bits per heavy atom. The zero-order chi connectivity index (χ0) is 23.7. The fraction of sp³-hybridized carbons (Fsp3) is 0.207. The minimum atomic E-state index is 0.324. The first-order chi connectivity index (χ1) is 16.5. The molecule has 5 aromatic rings. The summed E-state index contributed by atoms with van der Waals surface area (Å²) in [6.07, 6.45) is 0. The summed E-state index contributed by atoms with van der Waals surface area (Å²) in [4.78, 5) is 0. The zero-order valence-electron chi connectivity index (χ0n) is 19.9. The summed E-state index contributed by atoms with van der Waals surface area (Å²) >= 11 is 0. The molecule has 34 heavy (non-hydrogen) atoms. The molecular formula is C29H28N4O. The van der Waals surface area contributed by atoms with E-state index in [0.29, 0.717) is 29.1 Å². The van der Waals surface area contributed by atoms with Gasteiger partial charge in [0.2, 0.25) is 0 Å². The van der Waals surface area contributed by atoms with Gasteiger partial charge in [-0.25, -0.2) is 0 Å². The van der Waals surface area contributed by atoms with Crippen molar-refractivity contribution in [1.82, 2.24) is 19.9 Å². The van der Waals surface area contributed by atoms with Crippen LogP contribution in [0.1, 0.15) is 50.7 Å². The summed E-state index contributed by atoms with van der Waals surface area (Å²) in [5, 5.41) is 13.7. The van der Waals surface area contributed by atoms with Crippen LogP contribution in [-0.2, 0) is 0 Å². The molecule has 0 amide bonds. The number of aromatic nitrogens is 4. The van der Waals surface area contributed by atoms with Crippen molar-refractivity contribution in [2.45, 2.75) is 39.5 Å². The molecule has 170 valence electrons. The summed E-state index contributed by atoms with van der Waals surface area (Å²) in [5.74, 6) is 2.80. The van der Waals surface area contributed by atoms with Crippen LogP contribution in [-0.4, -0.2) is 19.9 Å². The third-order valence-electron chi connectivity index (χ3n) is 6.06. The lowest BCUT2D eigenvalue weighted by Gasteiger charge is -2.22. The Labute approximate surface area is 200 Å². The molecule has 5 rings (SSSR count). The monoisotopic (exact) mass is 448 g/mol. The maximum absolute atomic E-state index is 5.74. The van der Waals surface area contributed by atoms with E-state index in [9.17, 15) is 0 Å². The quantitative estimate of drug-likeness (QED) is 0.270. The molecule has 2 aromatic heterocycles. The van der Waals surface area contributed by atoms with E-state index < -0.39 is 0 Å². The molecule has 0 fully saturated rings. The van der Waals surface area contributed by atoms with E-state index in [1.54, 1.807) is 0 Å². The Kier molecular flexibility index (Phi) is 5.84. The molecule has 2 heterocycles. The number of hydrogen-bond acceptors (Lipinski definition) is 4. The van der Waals surface area contributed by atoms with E-state index in [4.69, 9.17) is 4.52 Å². The second kappa shape index (κ2) is 9.10. The second-order valence-electron chi connectivity index (χ2n) is 9.09. The average Bonchev–Trinajstić information content (AvgIpc) is 3.52.